The van der Waals surface area contributed by atoms with Crippen molar-refractivity contribution in [3.8, 4) is 5.75 Å². The van der Waals surface area contributed by atoms with Crippen molar-refractivity contribution in [2.75, 3.05) is 45.2 Å². The molecule has 4 rings (SSSR count). The van der Waals surface area contributed by atoms with Crippen molar-refractivity contribution in [1.29, 1.82) is 0 Å². The summed E-state index contributed by atoms with van der Waals surface area (Å²) < 4.78 is 8.36. The third-order valence-electron chi connectivity index (χ3n) is 5.66. The molecule has 0 amide bonds. The van der Waals surface area contributed by atoms with Crippen molar-refractivity contribution >= 4 is 46.2 Å². The van der Waals surface area contributed by atoms with E-state index >= 15 is 0 Å². The summed E-state index contributed by atoms with van der Waals surface area (Å²) in [7, 11) is 3.98. The Hall–Kier alpha value is -2.48. The largest absolute Gasteiger partial charge is 0.484 e. The highest BCUT2D eigenvalue weighted by Crippen LogP contribution is 2.32. The first-order valence-electron chi connectivity index (χ1n) is 10.8. The van der Waals surface area contributed by atoms with Crippen LogP contribution in [-0.4, -0.2) is 64.7 Å². The molecule has 1 unspecified atom stereocenters. The highest BCUT2D eigenvalue weighted by Gasteiger charge is 2.21. The molecular weight excluding hydrogens is 477 g/mol. The van der Waals surface area contributed by atoms with Gasteiger partial charge in [0.25, 0.3) is 0 Å². The number of imidazole rings is 1. The van der Waals surface area contributed by atoms with Gasteiger partial charge in [0, 0.05) is 74.0 Å². The van der Waals surface area contributed by atoms with Gasteiger partial charge in [0.05, 0.1) is 12.9 Å². The number of aromatic nitrogens is 2. The third-order valence-corrected chi connectivity index (χ3v) is 6.84. The van der Waals surface area contributed by atoms with Gasteiger partial charge in [-0.25, -0.2) is 4.98 Å². The molecule has 2 heterocycles. The molecule has 1 aromatic heterocycles. The molecule has 1 aliphatic heterocycles. The van der Waals surface area contributed by atoms with Gasteiger partial charge < -0.3 is 24.0 Å². The van der Waals surface area contributed by atoms with E-state index < -0.39 is 0 Å². The number of nitrogens with zero attached hydrogens (tertiary/aromatic N) is 5. The van der Waals surface area contributed by atoms with Crippen LogP contribution in [0.5, 0.6) is 5.75 Å². The molecule has 0 bridgehead atoms. The number of halogens is 2. The molecule has 1 saturated heterocycles. The number of piperazine rings is 1. The maximum atomic E-state index is 6.50. The Kier molecular flexibility index (Phi) is 7.63. The van der Waals surface area contributed by atoms with Crippen LogP contribution in [0, 0.1) is 0 Å². The number of thiocarbonyl (C=S) groups is 1. The third kappa shape index (κ3) is 5.91. The minimum Gasteiger partial charge on any atom is -0.484 e. The second-order valence-corrected chi connectivity index (χ2v) is 9.39. The van der Waals surface area contributed by atoms with Gasteiger partial charge >= 0.3 is 0 Å². The lowest BCUT2D eigenvalue weighted by atomic mass is 10.1. The van der Waals surface area contributed by atoms with Gasteiger partial charge in [0.2, 0.25) is 0 Å². The Morgan fingerprint density at radius 3 is 2.42 bits per heavy atom. The van der Waals surface area contributed by atoms with Crippen LogP contribution in [-0.2, 0) is 6.54 Å². The van der Waals surface area contributed by atoms with Crippen molar-refractivity contribution in [2.45, 2.75) is 12.6 Å². The lowest BCUT2D eigenvalue weighted by Gasteiger charge is -2.38. The summed E-state index contributed by atoms with van der Waals surface area (Å²) in [5, 5.41) is 2.07. The molecule has 1 aliphatic rings. The van der Waals surface area contributed by atoms with E-state index in [1.807, 2.05) is 54.0 Å². The average molecular weight is 504 g/mol. The van der Waals surface area contributed by atoms with Crippen molar-refractivity contribution in [3.63, 3.8) is 0 Å². The minimum atomic E-state index is -0.287. The lowest BCUT2D eigenvalue weighted by Crippen LogP contribution is -2.51. The van der Waals surface area contributed by atoms with E-state index in [9.17, 15) is 0 Å². The van der Waals surface area contributed by atoms with Crippen molar-refractivity contribution in [2.24, 2.45) is 0 Å². The fourth-order valence-electron chi connectivity index (χ4n) is 3.89. The van der Waals surface area contributed by atoms with E-state index in [-0.39, 0.29) is 6.10 Å². The van der Waals surface area contributed by atoms with Crippen molar-refractivity contribution in [1.82, 2.24) is 19.4 Å². The Morgan fingerprint density at radius 1 is 1.09 bits per heavy atom. The van der Waals surface area contributed by atoms with Crippen molar-refractivity contribution < 1.29 is 4.74 Å². The Bertz CT molecular complexity index is 1070. The standard InChI is InChI=1S/C24H27Cl2N5OS/c1-28(2)24(33)31-13-11-30(12-14-31)19-4-6-20(7-5-19)32-23(16-29-10-9-27-17-29)21-8-3-18(25)15-22(21)26/h3-10,15,17,23H,11-14,16H2,1-2H3. The SMILES string of the molecule is CN(C)C(=S)N1CCN(c2ccc(OC(Cn3ccnc3)c3ccc(Cl)cc3Cl)cc2)CC1. The van der Waals surface area contributed by atoms with Crippen LogP contribution in [0.4, 0.5) is 5.69 Å². The van der Waals surface area contributed by atoms with Crippen LogP contribution in [0.3, 0.4) is 0 Å². The second kappa shape index (κ2) is 10.6. The van der Waals surface area contributed by atoms with Crippen LogP contribution in [0.15, 0.2) is 61.2 Å². The van der Waals surface area contributed by atoms with Gasteiger partial charge in [-0.3, -0.25) is 0 Å². The molecule has 33 heavy (non-hydrogen) atoms. The quantitative estimate of drug-likeness (QED) is 0.441. The van der Waals surface area contributed by atoms with E-state index in [1.54, 1.807) is 18.6 Å². The fourth-order valence-corrected chi connectivity index (χ4v) is 4.60. The number of ether oxygens (including phenoxy) is 1. The second-order valence-electron chi connectivity index (χ2n) is 8.18. The number of rotatable bonds is 6. The number of hydrogen-bond acceptors (Lipinski definition) is 4. The summed E-state index contributed by atoms with van der Waals surface area (Å²) in [5.74, 6) is 0.780. The molecule has 0 radical (unpaired) electrons. The molecule has 9 heteroatoms. The summed E-state index contributed by atoms with van der Waals surface area (Å²) in [5.41, 5.74) is 2.06. The molecule has 0 N–H and O–H groups in total. The summed E-state index contributed by atoms with van der Waals surface area (Å²) in [4.78, 5) is 10.7. The predicted molar refractivity (Wildman–Crippen MR) is 139 cm³/mol. The summed E-state index contributed by atoms with van der Waals surface area (Å²) >= 11 is 18.1. The van der Waals surface area contributed by atoms with Crippen LogP contribution < -0.4 is 9.64 Å². The molecule has 1 atom stereocenters. The van der Waals surface area contributed by atoms with Crippen LogP contribution in [0.2, 0.25) is 10.0 Å². The zero-order valence-corrected chi connectivity index (χ0v) is 21.0. The predicted octanol–water partition coefficient (Wildman–Crippen LogP) is 4.98. The van der Waals surface area contributed by atoms with Crippen LogP contribution in [0.25, 0.3) is 0 Å². The van der Waals surface area contributed by atoms with E-state index in [4.69, 9.17) is 40.2 Å². The van der Waals surface area contributed by atoms with Crippen LogP contribution >= 0.6 is 35.4 Å². The Morgan fingerprint density at radius 2 is 1.82 bits per heavy atom. The molecule has 1 fully saturated rings. The van der Waals surface area contributed by atoms with Crippen LogP contribution in [0.1, 0.15) is 11.7 Å². The Balaban J connectivity index is 1.45. The Labute approximate surface area is 210 Å². The molecule has 2 aromatic carbocycles. The molecule has 3 aromatic rings. The van der Waals surface area contributed by atoms with Gasteiger partial charge in [-0.05, 0) is 48.6 Å². The smallest absolute Gasteiger partial charge is 0.171 e. The number of benzene rings is 2. The van der Waals surface area contributed by atoms with Gasteiger partial charge in [-0.2, -0.15) is 0 Å². The summed E-state index contributed by atoms with van der Waals surface area (Å²) in [6.45, 7) is 4.26. The first-order chi connectivity index (χ1) is 15.9. The zero-order valence-electron chi connectivity index (χ0n) is 18.7. The molecule has 174 valence electrons. The molecular formula is C24H27Cl2N5OS. The zero-order chi connectivity index (χ0) is 23.4. The van der Waals surface area contributed by atoms with Crippen molar-refractivity contribution in [3.05, 3.63) is 76.8 Å². The maximum Gasteiger partial charge on any atom is 0.171 e. The summed E-state index contributed by atoms with van der Waals surface area (Å²) in [6, 6.07) is 13.7. The fraction of sp³-hybridized carbons (Fsp3) is 0.333. The molecule has 6 nitrogen and oxygen atoms in total. The highest BCUT2D eigenvalue weighted by atomic mass is 35.5. The van der Waals surface area contributed by atoms with Gasteiger partial charge in [-0.15, -0.1) is 0 Å². The average Bonchev–Trinajstić information content (AvgIpc) is 3.32. The monoisotopic (exact) mass is 503 g/mol. The van der Waals surface area contributed by atoms with E-state index in [1.165, 1.54) is 5.69 Å². The van der Waals surface area contributed by atoms with E-state index in [0.717, 1.165) is 42.6 Å². The molecule has 0 aliphatic carbocycles. The summed E-state index contributed by atoms with van der Waals surface area (Å²) in [6.07, 6.45) is 5.14. The van der Waals surface area contributed by atoms with Gasteiger partial charge in [0.15, 0.2) is 5.11 Å². The maximum absolute atomic E-state index is 6.50. The lowest BCUT2D eigenvalue weighted by molar-refractivity contribution is 0.183. The van der Waals surface area contributed by atoms with E-state index in [2.05, 4.69) is 26.9 Å². The van der Waals surface area contributed by atoms with Gasteiger partial charge in [-0.1, -0.05) is 29.3 Å². The van der Waals surface area contributed by atoms with Gasteiger partial charge in [0.1, 0.15) is 11.9 Å². The normalized spacial score (nSPS) is 14.8. The number of hydrogen-bond donors (Lipinski definition) is 0. The topological polar surface area (TPSA) is 36.8 Å². The highest BCUT2D eigenvalue weighted by molar-refractivity contribution is 7.80. The van der Waals surface area contributed by atoms with E-state index in [0.29, 0.717) is 16.6 Å². The molecule has 0 saturated carbocycles. The first-order valence-corrected chi connectivity index (χ1v) is 12.0. The number of anilines is 1. The minimum absolute atomic E-state index is 0.287. The molecule has 0 spiro atoms. The first kappa shape index (κ1) is 23.7.